The average molecular weight is 180 g/mol. The minimum Gasteiger partial charge on any atom is -0.481 e. The first-order valence-corrected chi connectivity index (χ1v) is 4.63. The molecule has 1 heterocycles. The van der Waals surface area contributed by atoms with E-state index in [4.69, 9.17) is 5.11 Å². The van der Waals surface area contributed by atoms with Crippen LogP contribution in [0.2, 0.25) is 0 Å². The lowest BCUT2D eigenvalue weighted by atomic mass is 9.95. The van der Waals surface area contributed by atoms with Crippen LogP contribution >= 0.6 is 11.3 Å². The van der Waals surface area contributed by atoms with Crippen LogP contribution in [0.5, 0.6) is 0 Å². The number of carbonyl (C=O) groups is 1. The van der Waals surface area contributed by atoms with Gasteiger partial charge in [-0.25, -0.2) is 0 Å². The van der Waals surface area contributed by atoms with Gasteiger partial charge in [0.15, 0.2) is 0 Å². The van der Waals surface area contributed by atoms with Crippen LogP contribution in [0.3, 0.4) is 0 Å². The van der Waals surface area contributed by atoms with E-state index in [0.29, 0.717) is 6.42 Å². The standard InChI is InChI=1S/C9H8O2S/c10-9(11)7-1-2-8-6(5-7)3-4-12-8/h1-4,7H,5H2,(H,10,11). The molecule has 1 atom stereocenters. The Morgan fingerprint density at radius 1 is 1.67 bits per heavy atom. The molecular formula is C9H8O2S. The Balaban J connectivity index is 2.30. The van der Waals surface area contributed by atoms with Gasteiger partial charge < -0.3 is 5.11 Å². The number of aliphatic carboxylic acids is 1. The number of hydrogen-bond donors (Lipinski definition) is 1. The van der Waals surface area contributed by atoms with E-state index in [0.717, 1.165) is 5.56 Å². The van der Waals surface area contributed by atoms with E-state index in [1.54, 1.807) is 17.4 Å². The highest BCUT2D eigenvalue weighted by Gasteiger charge is 2.19. The van der Waals surface area contributed by atoms with Gasteiger partial charge in [0.2, 0.25) is 0 Å². The van der Waals surface area contributed by atoms with Crippen LogP contribution in [0, 0.1) is 5.92 Å². The van der Waals surface area contributed by atoms with Crippen molar-refractivity contribution in [2.24, 2.45) is 5.92 Å². The number of rotatable bonds is 1. The molecule has 2 nitrogen and oxygen atoms in total. The molecule has 0 amide bonds. The Kier molecular flexibility index (Phi) is 1.73. The summed E-state index contributed by atoms with van der Waals surface area (Å²) in [5.41, 5.74) is 1.16. The summed E-state index contributed by atoms with van der Waals surface area (Å²) < 4.78 is 0. The van der Waals surface area contributed by atoms with E-state index < -0.39 is 5.97 Å². The van der Waals surface area contributed by atoms with Crippen molar-refractivity contribution >= 4 is 23.4 Å². The highest BCUT2D eigenvalue weighted by molar-refractivity contribution is 7.11. The smallest absolute Gasteiger partial charge is 0.310 e. The molecule has 62 valence electrons. The zero-order valence-corrected chi connectivity index (χ0v) is 7.17. The number of carboxylic acids is 1. The van der Waals surface area contributed by atoms with Crippen LogP contribution in [0.25, 0.3) is 6.08 Å². The molecule has 1 N–H and O–H groups in total. The molecule has 1 aliphatic carbocycles. The second-order valence-electron chi connectivity index (χ2n) is 2.82. The van der Waals surface area contributed by atoms with Crippen LogP contribution < -0.4 is 0 Å². The first kappa shape index (κ1) is 7.55. The molecule has 0 saturated heterocycles. The van der Waals surface area contributed by atoms with Crippen molar-refractivity contribution in [2.45, 2.75) is 6.42 Å². The molecule has 0 fully saturated rings. The van der Waals surface area contributed by atoms with Gasteiger partial charge in [-0.05, 0) is 29.5 Å². The van der Waals surface area contributed by atoms with Crippen molar-refractivity contribution in [3.05, 3.63) is 28.0 Å². The molecule has 0 bridgehead atoms. The summed E-state index contributed by atoms with van der Waals surface area (Å²) in [7, 11) is 0. The summed E-state index contributed by atoms with van der Waals surface area (Å²) in [6, 6.07) is 2.00. The molecule has 1 aromatic rings. The first-order chi connectivity index (χ1) is 5.77. The fourth-order valence-corrected chi connectivity index (χ4v) is 2.18. The topological polar surface area (TPSA) is 37.3 Å². The number of carboxylic acid groups (broad SMARTS) is 1. The van der Waals surface area contributed by atoms with Crippen molar-refractivity contribution in [1.82, 2.24) is 0 Å². The van der Waals surface area contributed by atoms with Crippen LogP contribution in [-0.2, 0) is 11.2 Å². The maximum Gasteiger partial charge on any atom is 0.310 e. The minimum atomic E-state index is -0.733. The molecule has 0 aromatic carbocycles. The predicted octanol–water partition coefficient (Wildman–Crippen LogP) is 2.02. The van der Waals surface area contributed by atoms with Gasteiger partial charge in [-0.2, -0.15) is 0 Å². The van der Waals surface area contributed by atoms with E-state index >= 15 is 0 Å². The molecule has 1 aliphatic rings. The van der Waals surface area contributed by atoms with E-state index in [-0.39, 0.29) is 5.92 Å². The average Bonchev–Trinajstić information content (AvgIpc) is 2.49. The second kappa shape index (κ2) is 2.75. The summed E-state index contributed by atoms with van der Waals surface area (Å²) >= 11 is 1.66. The van der Waals surface area contributed by atoms with Crippen molar-refractivity contribution in [3.63, 3.8) is 0 Å². The van der Waals surface area contributed by atoms with Gasteiger partial charge in [0, 0.05) is 4.88 Å². The highest BCUT2D eigenvalue weighted by Crippen LogP contribution is 2.27. The third kappa shape index (κ3) is 1.16. The van der Waals surface area contributed by atoms with Crippen LogP contribution in [0.1, 0.15) is 10.4 Å². The fraction of sp³-hybridized carbons (Fsp3) is 0.222. The van der Waals surface area contributed by atoms with Crippen LogP contribution in [0.15, 0.2) is 17.5 Å². The zero-order chi connectivity index (χ0) is 8.55. The quantitative estimate of drug-likeness (QED) is 0.717. The minimum absolute atomic E-state index is 0.327. The number of thiophene rings is 1. The Labute approximate surface area is 74.2 Å². The van der Waals surface area contributed by atoms with E-state index in [2.05, 4.69) is 0 Å². The monoisotopic (exact) mass is 180 g/mol. The van der Waals surface area contributed by atoms with Gasteiger partial charge >= 0.3 is 5.97 Å². The first-order valence-electron chi connectivity index (χ1n) is 3.75. The van der Waals surface area contributed by atoms with Crippen molar-refractivity contribution in [1.29, 1.82) is 0 Å². The lowest BCUT2D eigenvalue weighted by molar-refractivity contribution is -0.140. The van der Waals surface area contributed by atoms with Crippen LogP contribution in [0.4, 0.5) is 0 Å². The molecule has 1 unspecified atom stereocenters. The molecule has 12 heavy (non-hydrogen) atoms. The Morgan fingerprint density at radius 3 is 3.25 bits per heavy atom. The SMILES string of the molecule is O=C(O)C1C=Cc2sccc2C1. The summed E-state index contributed by atoms with van der Waals surface area (Å²) in [6.07, 6.45) is 4.31. The van der Waals surface area contributed by atoms with Gasteiger partial charge in [0.05, 0.1) is 5.92 Å². The molecule has 0 spiro atoms. The molecule has 0 saturated carbocycles. The molecule has 3 heteroatoms. The Bertz CT molecular complexity index is 338. The molecule has 0 aliphatic heterocycles. The van der Waals surface area contributed by atoms with Crippen molar-refractivity contribution in [2.75, 3.05) is 0 Å². The molecule has 0 radical (unpaired) electrons. The number of hydrogen-bond acceptors (Lipinski definition) is 2. The zero-order valence-electron chi connectivity index (χ0n) is 6.36. The van der Waals surface area contributed by atoms with E-state index in [1.807, 2.05) is 17.5 Å². The van der Waals surface area contributed by atoms with Gasteiger partial charge in [0.1, 0.15) is 0 Å². The molecule has 1 aromatic heterocycles. The lowest BCUT2D eigenvalue weighted by Gasteiger charge is -2.11. The third-order valence-corrected chi connectivity index (χ3v) is 2.94. The highest BCUT2D eigenvalue weighted by atomic mass is 32.1. The van der Waals surface area contributed by atoms with Gasteiger partial charge in [-0.1, -0.05) is 6.08 Å². The van der Waals surface area contributed by atoms with Crippen LogP contribution in [-0.4, -0.2) is 11.1 Å². The lowest BCUT2D eigenvalue weighted by Crippen LogP contribution is -2.15. The third-order valence-electron chi connectivity index (χ3n) is 2.02. The van der Waals surface area contributed by atoms with Crippen molar-refractivity contribution < 1.29 is 9.90 Å². The van der Waals surface area contributed by atoms with Gasteiger partial charge in [-0.3, -0.25) is 4.79 Å². The summed E-state index contributed by atoms with van der Waals surface area (Å²) in [5, 5.41) is 10.8. The fourth-order valence-electron chi connectivity index (χ4n) is 1.34. The summed E-state index contributed by atoms with van der Waals surface area (Å²) in [4.78, 5) is 11.8. The summed E-state index contributed by atoms with van der Waals surface area (Å²) in [6.45, 7) is 0. The van der Waals surface area contributed by atoms with E-state index in [1.165, 1.54) is 4.88 Å². The normalized spacial score (nSPS) is 20.5. The van der Waals surface area contributed by atoms with E-state index in [9.17, 15) is 4.79 Å². The maximum atomic E-state index is 10.6. The number of fused-ring (bicyclic) bond motifs is 1. The Morgan fingerprint density at radius 2 is 2.50 bits per heavy atom. The maximum absolute atomic E-state index is 10.6. The predicted molar refractivity (Wildman–Crippen MR) is 48.2 cm³/mol. The van der Waals surface area contributed by atoms with Gasteiger partial charge in [0.25, 0.3) is 0 Å². The summed E-state index contributed by atoms with van der Waals surface area (Å²) in [5.74, 6) is -1.06. The molecule has 2 rings (SSSR count). The largest absolute Gasteiger partial charge is 0.481 e. The second-order valence-corrected chi connectivity index (χ2v) is 3.77. The Hall–Kier alpha value is -1.09. The van der Waals surface area contributed by atoms with Gasteiger partial charge in [-0.15, -0.1) is 11.3 Å². The molecular weight excluding hydrogens is 172 g/mol. The van der Waals surface area contributed by atoms with Crippen molar-refractivity contribution in [3.8, 4) is 0 Å².